The first-order chi connectivity index (χ1) is 8.02. The summed E-state index contributed by atoms with van der Waals surface area (Å²) >= 11 is 1.62. The zero-order valence-corrected chi connectivity index (χ0v) is 10.5. The van der Waals surface area contributed by atoms with Crippen molar-refractivity contribution in [1.82, 2.24) is 5.32 Å². The van der Waals surface area contributed by atoms with E-state index in [1.807, 2.05) is 13.2 Å². The maximum atomic E-state index is 11.4. The van der Waals surface area contributed by atoms with Crippen molar-refractivity contribution in [2.45, 2.75) is 25.1 Å². The summed E-state index contributed by atoms with van der Waals surface area (Å²) in [5.74, 6) is -0.863. The zero-order valence-electron chi connectivity index (χ0n) is 9.73. The summed E-state index contributed by atoms with van der Waals surface area (Å²) in [6.07, 6.45) is 2.39. The number of carboxylic acid groups (broad SMARTS) is 1. The first-order valence-electron chi connectivity index (χ1n) is 5.14. The molecule has 0 saturated heterocycles. The van der Waals surface area contributed by atoms with Crippen molar-refractivity contribution in [1.29, 1.82) is 0 Å². The number of carbonyl (C=O) groups is 2. The van der Waals surface area contributed by atoms with Gasteiger partial charge in [0.2, 0.25) is 11.7 Å². The van der Waals surface area contributed by atoms with Gasteiger partial charge in [-0.25, -0.2) is 4.79 Å². The Hall–Kier alpha value is -1.43. The van der Waals surface area contributed by atoms with Gasteiger partial charge in [0.15, 0.2) is 0 Å². The maximum absolute atomic E-state index is 11.4. The highest BCUT2D eigenvalue weighted by Crippen LogP contribution is 2.10. The smallest absolute Gasteiger partial charge is 0.371 e. The van der Waals surface area contributed by atoms with Gasteiger partial charge in [-0.05, 0) is 18.4 Å². The number of furan rings is 1. The first kappa shape index (κ1) is 13.6. The van der Waals surface area contributed by atoms with E-state index in [0.29, 0.717) is 12.2 Å². The number of amides is 1. The molecule has 2 N–H and O–H groups in total. The van der Waals surface area contributed by atoms with E-state index in [1.54, 1.807) is 17.8 Å². The van der Waals surface area contributed by atoms with E-state index in [4.69, 9.17) is 9.52 Å². The minimum atomic E-state index is -1.11. The van der Waals surface area contributed by atoms with Gasteiger partial charge in [0.25, 0.3) is 0 Å². The molecular weight excluding hydrogens is 242 g/mol. The number of carboxylic acids is 1. The number of nitrogens with one attached hydrogen (secondary N) is 1. The summed E-state index contributed by atoms with van der Waals surface area (Å²) in [6, 6.07) is 2.91. The predicted octanol–water partition coefficient (Wildman–Crippen LogP) is 1.74. The summed E-state index contributed by atoms with van der Waals surface area (Å²) in [7, 11) is 0. The van der Waals surface area contributed by atoms with Crippen LogP contribution in [-0.2, 0) is 11.3 Å². The Kier molecular flexibility index (Phi) is 5.09. The van der Waals surface area contributed by atoms with Crippen LogP contribution in [0.2, 0.25) is 0 Å². The molecule has 0 saturated carbocycles. The van der Waals surface area contributed by atoms with E-state index in [1.165, 1.54) is 6.07 Å². The molecule has 1 rings (SSSR count). The lowest BCUT2D eigenvalue weighted by atomic mass is 10.3. The minimum absolute atomic E-state index is 0.0693. The number of thioether (sulfide) groups is 1. The van der Waals surface area contributed by atoms with Gasteiger partial charge < -0.3 is 14.8 Å². The van der Waals surface area contributed by atoms with E-state index in [-0.39, 0.29) is 23.5 Å². The maximum Gasteiger partial charge on any atom is 0.371 e. The third-order valence-corrected chi connectivity index (χ3v) is 3.18. The lowest BCUT2D eigenvalue weighted by Crippen LogP contribution is -2.24. The minimum Gasteiger partial charge on any atom is -0.475 e. The van der Waals surface area contributed by atoms with Gasteiger partial charge in [-0.2, -0.15) is 11.8 Å². The molecule has 0 aliphatic heterocycles. The molecule has 1 atom stereocenters. The fourth-order valence-electron chi connectivity index (χ4n) is 1.19. The Morgan fingerprint density at radius 3 is 2.76 bits per heavy atom. The standard InChI is InChI=1S/C11H15NO4S/c1-7(17-2)5-10(13)12-6-8-3-4-9(16-8)11(14)15/h3-4,7H,5-6H2,1-2H3,(H,12,13)(H,14,15). The van der Waals surface area contributed by atoms with Gasteiger partial charge in [-0.15, -0.1) is 0 Å². The van der Waals surface area contributed by atoms with Gasteiger partial charge in [-0.3, -0.25) is 4.79 Å². The first-order valence-corrected chi connectivity index (χ1v) is 6.43. The topological polar surface area (TPSA) is 79.5 Å². The molecule has 0 aliphatic rings. The number of rotatable bonds is 6. The Labute approximate surface area is 104 Å². The van der Waals surface area contributed by atoms with Crippen molar-refractivity contribution in [3.63, 3.8) is 0 Å². The van der Waals surface area contributed by atoms with Crippen LogP contribution in [0.1, 0.15) is 29.7 Å². The number of carbonyl (C=O) groups excluding carboxylic acids is 1. The molecule has 1 amide bonds. The normalized spacial score (nSPS) is 12.1. The molecule has 1 unspecified atom stereocenters. The molecule has 0 spiro atoms. The molecule has 0 radical (unpaired) electrons. The quantitative estimate of drug-likeness (QED) is 0.811. The van der Waals surface area contributed by atoms with Crippen LogP contribution in [0.3, 0.4) is 0 Å². The second-order valence-corrected chi connectivity index (χ2v) is 4.87. The van der Waals surface area contributed by atoms with Crippen LogP contribution in [-0.4, -0.2) is 28.5 Å². The zero-order chi connectivity index (χ0) is 12.8. The van der Waals surface area contributed by atoms with Crippen LogP contribution in [0.15, 0.2) is 16.5 Å². The third-order valence-electron chi connectivity index (χ3n) is 2.21. The van der Waals surface area contributed by atoms with Gasteiger partial charge in [-0.1, -0.05) is 6.92 Å². The number of hydrogen-bond acceptors (Lipinski definition) is 4. The summed E-state index contributed by atoms with van der Waals surface area (Å²) in [5, 5.41) is 11.6. The molecule has 0 fully saturated rings. The summed E-state index contributed by atoms with van der Waals surface area (Å²) in [4.78, 5) is 22.0. The molecule has 5 nitrogen and oxygen atoms in total. The van der Waals surface area contributed by atoms with Crippen molar-refractivity contribution in [3.05, 3.63) is 23.7 Å². The average Bonchev–Trinajstić information content (AvgIpc) is 2.75. The third kappa shape index (κ3) is 4.52. The fraction of sp³-hybridized carbons (Fsp3) is 0.455. The summed E-state index contributed by atoms with van der Waals surface area (Å²) in [5.41, 5.74) is 0. The average molecular weight is 257 g/mol. The van der Waals surface area contributed by atoms with E-state index in [0.717, 1.165) is 0 Å². The van der Waals surface area contributed by atoms with Gasteiger partial charge in [0.05, 0.1) is 6.54 Å². The molecule has 0 aromatic carbocycles. The molecular formula is C11H15NO4S. The van der Waals surface area contributed by atoms with Gasteiger partial charge in [0, 0.05) is 11.7 Å². The molecule has 1 aromatic heterocycles. The van der Waals surface area contributed by atoms with Crippen LogP contribution < -0.4 is 5.32 Å². The van der Waals surface area contributed by atoms with E-state index < -0.39 is 5.97 Å². The second kappa shape index (κ2) is 6.34. The lowest BCUT2D eigenvalue weighted by Gasteiger charge is -2.07. The highest BCUT2D eigenvalue weighted by molar-refractivity contribution is 7.99. The number of hydrogen-bond donors (Lipinski definition) is 2. The Morgan fingerprint density at radius 2 is 2.24 bits per heavy atom. The molecule has 0 bridgehead atoms. The Bertz CT molecular complexity index is 402. The second-order valence-electron chi connectivity index (χ2n) is 3.60. The number of aromatic carboxylic acids is 1. The van der Waals surface area contributed by atoms with Crippen LogP contribution in [0.4, 0.5) is 0 Å². The van der Waals surface area contributed by atoms with Crippen molar-refractivity contribution in [2.24, 2.45) is 0 Å². The van der Waals surface area contributed by atoms with Crippen molar-refractivity contribution in [2.75, 3.05) is 6.26 Å². The highest BCUT2D eigenvalue weighted by Gasteiger charge is 2.11. The molecule has 1 aromatic rings. The van der Waals surface area contributed by atoms with E-state index in [9.17, 15) is 9.59 Å². The largest absolute Gasteiger partial charge is 0.475 e. The van der Waals surface area contributed by atoms with E-state index in [2.05, 4.69) is 5.32 Å². The Morgan fingerprint density at radius 1 is 1.53 bits per heavy atom. The van der Waals surface area contributed by atoms with Gasteiger partial charge >= 0.3 is 5.97 Å². The summed E-state index contributed by atoms with van der Waals surface area (Å²) < 4.78 is 5.01. The van der Waals surface area contributed by atoms with Crippen molar-refractivity contribution in [3.8, 4) is 0 Å². The van der Waals surface area contributed by atoms with E-state index >= 15 is 0 Å². The molecule has 17 heavy (non-hydrogen) atoms. The Balaban J connectivity index is 2.39. The van der Waals surface area contributed by atoms with Gasteiger partial charge in [0.1, 0.15) is 5.76 Å². The highest BCUT2D eigenvalue weighted by atomic mass is 32.2. The lowest BCUT2D eigenvalue weighted by molar-refractivity contribution is -0.121. The van der Waals surface area contributed by atoms with Crippen LogP contribution in [0.5, 0.6) is 0 Å². The molecule has 0 aliphatic carbocycles. The van der Waals surface area contributed by atoms with Crippen molar-refractivity contribution < 1.29 is 19.1 Å². The van der Waals surface area contributed by atoms with Crippen LogP contribution in [0, 0.1) is 0 Å². The summed E-state index contributed by atoms with van der Waals surface area (Å²) in [6.45, 7) is 2.19. The SMILES string of the molecule is CSC(C)CC(=O)NCc1ccc(C(=O)O)o1. The van der Waals surface area contributed by atoms with Crippen molar-refractivity contribution >= 4 is 23.6 Å². The predicted molar refractivity (Wildman–Crippen MR) is 65.1 cm³/mol. The molecule has 94 valence electrons. The molecule has 6 heteroatoms. The van der Waals surface area contributed by atoms with Crippen LogP contribution >= 0.6 is 11.8 Å². The fourth-order valence-corrected chi connectivity index (χ4v) is 1.51. The monoisotopic (exact) mass is 257 g/mol. The van der Waals surface area contributed by atoms with Crippen LogP contribution in [0.25, 0.3) is 0 Å². The molecule has 1 heterocycles.